The topological polar surface area (TPSA) is 71.0 Å². The summed E-state index contributed by atoms with van der Waals surface area (Å²) in [5.74, 6) is 0. The first-order valence-electron chi connectivity index (χ1n) is 3.68. The lowest BCUT2D eigenvalue weighted by Gasteiger charge is -1.99. The molecule has 0 amide bonds. The van der Waals surface area contributed by atoms with Gasteiger partial charge in [0.25, 0.3) is 0 Å². The van der Waals surface area contributed by atoms with Gasteiger partial charge < -0.3 is 10.9 Å². The lowest BCUT2D eigenvalue weighted by Crippen LogP contribution is -2.12. The third-order valence-electron chi connectivity index (χ3n) is 1.33. The first-order valence-corrected chi connectivity index (χ1v) is 3.68. The van der Waals surface area contributed by atoms with Crippen molar-refractivity contribution in [3.05, 3.63) is 0 Å². The van der Waals surface area contributed by atoms with Crippen LogP contribution in [0.2, 0.25) is 0 Å². The van der Waals surface area contributed by atoms with Gasteiger partial charge in [0.2, 0.25) is 0 Å². The van der Waals surface area contributed by atoms with Crippen LogP contribution in [0.5, 0.6) is 0 Å². The standard InChI is InChI=1S/C7H15N3O/c1-3-7(6(2)10-11)9-5-4-8/h11H,3-5,8H2,1-2H3/b9-7?,10-6+. The molecule has 0 rings (SSSR count). The Balaban J connectivity index is 4.15. The van der Waals surface area contributed by atoms with E-state index in [1.54, 1.807) is 6.92 Å². The summed E-state index contributed by atoms with van der Waals surface area (Å²) in [5, 5.41) is 11.5. The predicted molar refractivity (Wildman–Crippen MR) is 46.5 cm³/mol. The molecule has 0 saturated carbocycles. The van der Waals surface area contributed by atoms with E-state index in [4.69, 9.17) is 10.9 Å². The molecule has 4 heteroatoms. The Labute approximate surface area is 66.8 Å². The van der Waals surface area contributed by atoms with E-state index in [2.05, 4.69) is 10.1 Å². The Morgan fingerprint density at radius 3 is 2.55 bits per heavy atom. The number of nitrogens with zero attached hydrogens (tertiary/aromatic N) is 2. The summed E-state index contributed by atoms with van der Waals surface area (Å²) >= 11 is 0. The molecule has 0 unspecified atom stereocenters. The first-order chi connectivity index (χ1) is 5.26. The highest BCUT2D eigenvalue weighted by Gasteiger charge is 1.99. The molecule has 0 aliphatic heterocycles. The summed E-state index contributed by atoms with van der Waals surface area (Å²) in [4.78, 5) is 4.13. The van der Waals surface area contributed by atoms with Crippen LogP contribution in [0.3, 0.4) is 0 Å². The zero-order valence-corrected chi connectivity index (χ0v) is 7.04. The van der Waals surface area contributed by atoms with Crippen molar-refractivity contribution < 1.29 is 5.21 Å². The van der Waals surface area contributed by atoms with Crippen LogP contribution in [0.25, 0.3) is 0 Å². The second-order valence-corrected chi connectivity index (χ2v) is 2.16. The molecule has 0 aliphatic rings. The third-order valence-corrected chi connectivity index (χ3v) is 1.33. The van der Waals surface area contributed by atoms with Gasteiger partial charge in [-0.05, 0) is 13.3 Å². The Hall–Kier alpha value is -0.900. The molecule has 0 spiro atoms. The molecule has 11 heavy (non-hydrogen) atoms. The fraction of sp³-hybridized carbons (Fsp3) is 0.714. The number of rotatable bonds is 4. The van der Waals surface area contributed by atoms with E-state index in [1.165, 1.54) is 0 Å². The summed E-state index contributed by atoms with van der Waals surface area (Å²) in [7, 11) is 0. The highest BCUT2D eigenvalue weighted by atomic mass is 16.4. The van der Waals surface area contributed by atoms with E-state index in [0.29, 0.717) is 18.8 Å². The average molecular weight is 157 g/mol. The fourth-order valence-corrected chi connectivity index (χ4v) is 0.739. The smallest absolute Gasteiger partial charge is 0.0974 e. The van der Waals surface area contributed by atoms with Gasteiger partial charge in [0.1, 0.15) is 0 Å². The Morgan fingerprint density at radius 1 is 1.55 bits per heavy atom. The van der Waals surface area contributed by atoms with Crippen molar-refractivity contribution in [3.8, 4) is 0 Å². The van der Waals surface area contributed by atoms with Gasteiger partial charge in [0.15, 0.2) is 0 Å². The van der Waals surface area contributed by atoms with Gasteiger partial charge in [0.05, 0.1) is 18.0 Å². The molecule has 0 atom stereocenters. The molecule has 0 aromatic rings. The van der Waals surface area contributed by atoms with E-state index in [-0.39, 0.29) is 0 Å². The van der Waals surface area contributed by atoms with Gasteiger partial charge in [-0.3, -0.25) is 4.99 Å². The maximum absolute atomic E-state index is 8.41. The minimum atomic E-state index is 0.530. The fourth-order valence-electron chi connectivity index (χ4n) is 0.739. The summed E-state index contributed by atoms with van der Waals surface area (Å²) in [6.45, 7) is 4.81. The predicted octanol–water partition coefficient (Wildman–Crippen LogP) is 0.646. The molecular formula is C7H15N3O. The summed E-state index contributed by atoms with van der Waals surface area (Å²) in [6.07, 6.45) is 0.774. The molecule has 3 N–H and O–H groups in total. The maximum atomic E-state index is 8.41. The normalized spacial score (nSPS) is 13.7. The van der Waals surface area contributed by atoms with Crippen molar-refractivity contribution in [3.63, 3.8) is 0 Å². The molecule has 64 valence electrons. The van der Waals surface area contributed by atoms with E-state index in [1.807, 2.05) is 6.92 Å². The molecular weight excluding hydrogens is 142 g/mol. The van der Waals surface area contributed by atoms with E-state index < -0.39 is 0 Å². The van der Waals surface area contributed by atoms with Crippen molar-refractivity contribution >= 4 is 11.4 Å². The zero-order valence-electron chi connectivity index (χ0n) is 7.04. The molecule has 0 bridgehead atoms. The van der Waals surface area contributed by atoms with Gasteiger partial charge in [0, 0.05) is 6.54 Å². The van der Waals surface area contributed by atoms with Crippen LogP contribution in [0.4, 0.5) is 0 Å². The lowest BCUT2D eigenvalue weighted by atomic mass is 10.2. The highest BCUT2D eigenvalue weighted by molar-refractivity contribution is 6.41. The van der Waals surface area contributed by atoms with Crippen LogP contribution < -0.4 is 5.73 Å². The molecule has 0 aromatic heterocycles. The molecule has 0 aliphatic carbocycles. The monoisotopic (exact) mass is 157 g/mol. The van der Waals surface area contributed by atoms with Crippen LogP contribution >= 0.6 is 0 Å². The summed E-state index contributed by atoms with van der Waals surface area (Å²) < 4.78 is 0. The van der Waals surface area contributed by atoms with Crippen molar-refractivity contribution in [2.45, 2.75) is 20.3 Å². The van der Waals surface area contributed by atoms with E-state index in [0.717, 1.165) is 12.1 Å². The molecule has 0 heterocycles. The van der Waals surface area contributed by atoms with Crippen molar-refractivity contribution in [1.29, 1.82) is 0 Å². The Kier molecular flexibility index (Phi) is 5.37. The average Bonchev–Trinajstić information content (AvgIpc) is 2.05. The van der Waals surface area contributed by atoms with Crippen molar-refractivity contribution in [2.75, 3.05) is 13.1 Å². The lowest BCUT2D eigenvalue weighted by molar-refractivity contribution is 0.319. The second-order valence-electron chi connectivity index (χ2n) is 2.16. The SMILES string of the molecule is CCC(=NCCN)/C(C)=N/O. The number of aliphatic imine (C=N–C) groups is 1. The minimum absolute atomic E-state index is 0.530. The van der Waals surface area contributed by atoms with Gasteiger partial charge >= 0.3 is 0 Å². The number of oxime groups is 1. The largest absolute Gasteiger partial charge is 0.411 e. The van der Waals surface area contributed by atoms with Gasteiger partial charge in [-0.1, -0.05) is 12.1 Å². The quantitative estimate of drug-likeness (QED) is 0.357. The third kappa shape index (κ3) is 3.72. The molecule has 0 radical (unpaired) electrons. The van der Waals surface area contributed by atoms with Crippen molar-refractivity contribution in [2.24, 2.45) is 15.9 Å². The minimum Gasteiger partial charge on any atom is -0.411 e. The molecule has 0 fully saturated rings. The number of hydrogen-bond acceptors (Lipinski definition) is 4. The molecule has 4 nitrogen and oxygen atoms in total. The number of hydrogen-bond donors (Lipinski definition) is 2. The maximum Gasteiger partial charge on any atom is 0.0974 e. The number of nitrogens with two attached hydrogens (primary N) is 1. The first kappa shape index (κ1) is 10.1. The van der Waals surface area contributed by atoms with Gasteiger partial charge in [-0.15, -0.1) is 0 Å². The van der Waals surface area contributed by atoms with Crippen molar-refractivity contribution in [1.82, 2.24) is 0 Å². The van der Waals surface area contributed by atoms with Crippen LogP contribution in [0, 0.1) is 0 Å². The van der Waals surface area contributed by atoms with E-state index in [9.17, 15) is 0 Å². The highest BCUT2D eigenvalue weighted by Crippen LogP contribution is 1.89. The van der Waals surface area contributed by atoms with Gasteiger partial charge in [-0.2, -0.15) is 0 Å². The summed E-state index contributed by atoms with van der Waals surface area (Å²) in [6, 6.07) is 0. The Morgan fingerprint density at radius 2 is 2.18 bits per heavy atom. The summed E-state index contributed by atoms with van der Waals surface area (Å²) in [5.41, 5.74) is 6.65. The van der Waals surface area contributed by atoms with E-state index >= 15 is 0 Å². The van der Waals surface area contributed by atoms with Gasteiger partial charge in [-0.25, -0.2) is 0 Å². The van der Waals surface area contributed by atoms with Crippen LogP contribution in [-0.4, -0.2) is 29.7 Å². The van der Waals surface area contributed by atoms with Crippen LogP contribution in [-0.2, 0) is 0 Å². The Bertz CT molecular complexity index is 163. The van der Waals surface area contributed by atoms with Crippen LogP contribution in [0.1, 0.15) is 20.3 Å². The zero-order chi connectivity index (χ0) is 8.69. The van der Waals surface area contributed by atoms with Crippen LogP contribution in [0.15, 0.2) is 10.1 Å². The second kappa shape index (κ2) is 5.85. The molecule has 0 saturated heterocycles. The molecule has 0 aromatic carbocycles.